The Balaban J connectivity index is 3.87. The lowest BCUT2D eigenvalue weighted by Crippen LogP contribution is -2.44. The third kappa shape index (κ3) is 6.19. The second kappa shape index (κ2) is 7.00. The van der Waals surface area contributed by atoms with E-state index in [2.05, 4.69) is 4.99 Å². The number of rotatable bonds is 7. The van der Waals surface area contributed by atoms with Gasteiger partial charge in [0.2, 0.25) is 0 Å². The first-order valence-corrected chi connectivity index (χ1v) is 5.32. The van der Waals surface area contributed by atoms with Gasteiger partial charge in [-0.15, -0.1) is 0 Å². The maximum absolute atomic E-state index is 10.7. The zero-order valence-electron chi connectivity index (χ0n) is 9.94. The Morgan fingerprint density at radius 1 is 1.56 bits per heavy atom. The first kappa shape index (κ1) is 14.6. The minimum Gasteiger partial charge on any atom is -0.480 e. The fourth-order valence-electron chi connectivity index (χ4n) is 1.08. The van der Waals surface area contributed by atoms with Gasteiger partial charge in [-0.1, -0.05) is 12.2 Å². The van der Waals surface area contributed by atoms with Gasteiger partial charge in [0.15, 0.2) is 0 Å². The number of carboxylic acid groups (broad SMARTS) is 1. The lowest BCUT2D eigenvalue weighted by Gasteiger charge is -2.17. The second-order valence-electron chi connectivity index (χ2n) is 3.97. The topological polar surface area (TPSA) is 102 Å². The van der Waals surface area contributed by atoms with E-state index in [1.807, 2.05) is 19.1 Å². The zero-order valence-corrected chi connectivity index (χ0v) is 9.94. The summed E-state index contributed by atoms with van der Waals surface area (Å²) in [6.45, 7) is 3.94. The largest absolute Gasteiger partial charge is 0.480 e. The molecule has 16 heavy (non-hydrogen) atoms. The Labute approximate surface area is 96.2 Å². The highest BCUT2D eigenvalue weighted by atomic mass is 16.4. The SMILES string of the molecule is CC=CCC(N)=NCCC[C@](C)(N)C(=O)O. The third-order valence-corrected chi connectivity index (χ3v) is 2.22. The number of aliphatic imine (C=N–C) groups is 1. The highest BCUT2D eigenvalue weighted by Gasteiger charge is 2.26. The molecule has 0 aliphatic carbocycles. The Bertz CT molecular complexity index is 283. The zero-order chi connectivity index (χ0) is 12.6. The Morgan fingerprint density at radius 3 is 2.69 bits per heavy atom. The highest BCUT2D eigenvalue weighted by Crippen LogP contribution is 2.08. The van der Waals surface area contributed by atoms with Crippen LogP contribution in [0.4, 0.5) is 0 Å². The molecule has 0 aliphatic heterocycles. The molecular weight excluding hydrogens is 206 g/mol. The van der Waals surface area contributed by atoms with Crippen LogP contribution in [-0.4, -0.2) is 29.0 Å². The predicted octanol–water partition coefficient (Wildman–Crippen LogP) is 0.892. The molecule has 0 aromatic rings. The molecule has 0 aromatic carbocycles. The first-order chi connectivity index (χ1) is 7.40. The van der Waals surface area contributed by atoms with Gasteiger partial charge in [0.1, 0.15) is 5.54 Å². The number of aliphatic carboxylic acids is 1. The van der Waals surface area contributed by atoms with E-state index in [0.29, 0.717) is 31.6 Å². The van der Waals surface area contributed by atoms with Crippen LogP contribution in [0, 0.1) is 0 Å². The van der Waals surface area contributed by atoms with Gasteiger partial charge in [-0.2, -0.15) is 0 Å². The minimum atomic E-state index is -1.17. The van der Waals surface area contributed by atoms with Crippen LogP contribution in [0.1, 0.15) is 33.1 Å². The number of carbonyl (C=O) groups is 1. The Morgan fingerprint density at radius 2 is 2.19 bits per heavy atom. The molecule has 0 saturated heterocycles. The summed E-state index contributed by atoms with van der Waals surface area (Å²) in [5, 5.41) is 8.77. The van der Waals surface area contributed by atoms with Crippen LogP contribution in [0.5, 0.6) is 0 Å². The highest BCUT2D eigenvalue weighted by molar-refractivity contribution is 5.81. The molecule has 0 aliphatic rings. The van der Waals surface area contributed by atoms with Gasteiger partial charge < -0.3 is 16.6 Å². The van der Waals surface area contributed by atoms with E-state index in [1.54, 1.807) is 0 Å². The number of nitrogens with zero attached hydrogens (tertiary/aromatic N) is 1. The summed E-state index contributed by atoms with van der Waals surface area (Å²) in [6, 6.07) is 0. The summed E-state index contributed by atoms with van der Waals surface area (Å²) in [5.41, 5.74) is 10.0. The van der Waals surface area contributed by atoms with Gasteiger partial charge in [-0.25, -0.2) is 0 Å². The fourth-order valence-corrected chi connectivity index (χ4v) is 1.08. The maximum atomic E-state index is 10.7. The van der Waals surface area contributed by atoms with Gasteiger partial charge >= 0.3 is 5.97 Å². The molecule has 0 spiro atoms. The number of nitrogens with two attached hydrogens (primary N) is 2. The lowest BCUT2D eigenvalue weighted by molar-refractivity contribution is -0.142. The van der Waals surface area contributed by atoms with Crippen LogP contribution >= 0.6 is 0 Å². The van der Waals surface area contributed by atoms with Crippen LogP contribution in [0.2, 0.25) is 0 Å². The normalized spacial score (nSPS) is 16.3. The smallest absolute Gasteiger partial charge is 0.323 e. The van der Waals surface area contributed by atoms with Crippen LogP contribution in [-0.2, 0) is 4.79 Å². The molecule has 0 bridgehead atoms. The van der Waals surface area contributed by atoms with Gasteiger partial charge in [0, 0.05) is 13.0 Å². The van der Waals surface area contributed by atoms with Crippen molar-refractivity contribution >= 4 is 11.8 Å². The standard InChI is InChI=1S/C11H21N3O2/c1-3-4-6-9(12)14-8-5-7-11(2,13)10(15)16/h3-4H,5-8,13H2,1-2H3,(H2,12,14)(H,15,16)/t11-/m0/s1. The van der Waals surface area contributed by atoms with Crippen molar-refractivity contribution < 1.29 is 9.90 Å². The van der Waals surface area contributed by atoms with Gasteiger partial charge in [0.05, 0.1) is 5.84 Å². The number of allylic oxidation sites excluding steroid dienone is 1. The average Bonchev–Trinajstić information content (AvgIpc) is 2.21. The van der Waals surface area contributed by atoms with Crippen molar-refractivity contribution in [3.05, 3.63) is 12.2 Å². The van der Waals surface area contributed by atoms with E-state index >= 15 is 0 Å². The summed E-state index contributed by atoms with van der Waals surface area (Å²) >= 11 is 0. The van der Waals surface area contributed by atoms with Crippen molar-refractivity contribution in [2.24, 2.45) is 16.5 Å². The molecule has 92 valence electrons. The van der Waals surface area contributed by atoms with Gasteiger partial charge in [-0.3, -0.25) is 9.79 Å². The quantitative estimate of drug-likeness (QED) is 0.260. The third-order valence-electron chi connectivity index (χ3n) is 2.22. The number of amidine groups is 1. The Hall–Kier alpha value is -1.36. The van der Waals surface area contributed by atoms with Gasteiger partial charge in [-0.05, 0) is 26.7 Å². The Kier molecular flexibility index (Phi) is 6.41. The molecule has 1 atom stereocenters. The van der Waals surface area contributed by atoms with E-state index in [1.165, 1.54) is 6.92 Å². The van der Waals surface area contributed by atoms with Crippen molar-refractivity contribution in [3.63, 3.8) is 0 Å². The van der Waals surface area contributed by atoms with Crippen LogP contribution in [0.25, 0.3) is 0 Å². The molecule has 5 heteroatoms. The molecule has 5 N–H and O–H groups in total. The lowest BCUT2D eigenvalue weighted by atomic mass is 9.98. The predicted molar refractivity (Wildman–Crippen MR) is 65.4 cm³/mol. The number of carboxylic acids is 1. The molecule has 0 amide bonds. The molecule has 0 saturated carbocycles. The molecule has 0 heterocycles. The van der Waals surface area contributed by atoms with E-state index in [4.69, 9.17) is 16.6 Å². The van der Waals surface area contributed by atoms with E-state index in [-0.39, 0.29) is 0 Å². The fraction of sp³-hybridized carbons (Fsp3) is 0.636. The molecule has 0 fully saturated rings. The maximum Gasteiger partial charge on any atom is 0.323 e. The van der Waals surface area contributed by atoms with Crippen LogP contribution in [0.3, 0.4) is 0 Å². The average molecular weight is 227 g/mol. The second-order valence-corrected chi connectivity index (χ2v) is 3.97. The van der Waals surface area contributed by atoms with Crippen molar-refractivity contribution in [3.8, 4) is 0 Å². The van der Waals surface area contributed by atoms with Gasteiger partial charge in [0.25, 0.3) is 0 Å². The molecule has 0 rings (SSSR count). The number of hydrogen-bond acceptors (Lipinski definition) is 3. The summed E-state index contributed by atoms with van der Waals surface area (Å²) in [7, 11) is 0. The molecular formula is C11H21N3O2. The van der Waals surface area contributed by atoms with Crippen molar-refractivity contribution in [2.45, 2.75) is 38.6 Å². The van der Waals surface area contributed by atoms with Crippen molar-refractivity contribution in [2.75, 3.05) is 6.54 Å². The summed E-state index contributed by atoms with van der Waals surface area (Å²) in [5.74, 6) is -0.425. The van der Waals surface area contributed by atoms with E-state index in [9.17, 15) is 4.79 Å². The molecule has 5 nitrogen and oxygen atoms in total. The summed E-state index contributed by atoms with van der Waals surface area (Å²) < 4.78 is 0. The van der Waals surface area contributed by atoms with Crippen molar-refractivity contribution in [1.29, 1.82) is 0 Å². The minimum absolute atomic E-state index is 0.392. The summed E-state index contributed by atoms with van der Waals surface area (Å²) in [6.07, 6.45) is 5.47. The monoisotopic (exact) mass is 227 g/mol. The number of hydrogen-bond donors (Lipinski definition) is 3. The molecule has 0 radical (unpaired) electrons. The van der Waals surface area contributed by atoms with Crippen LogP contribution < -0.4 is 11.5 Å². The van der Waals surface area contributed by atoms with E-state index < -0.39 is 11.5 Å². The van der Waals surface area contributed by atoms with Crippen LogP contribution in [0.15, 0.2) is 17.1 Å². The van der Waals surface area contributed by atoms with Crippen molar-refractivity contribution in [1.82, 2.24) is 0 Å². The molecule has 0 unspecified atom stereocenters. The molecule has 0 aromatic heterocycles. The summed E-state index contributed by atoms with van der Waals surface area (Å²) in [4.78, 5) is 14.8. The van der Waals surface area contributed by atoms with E-state index in [0.717, 1.165) is 0 Å². The first-order valence-electron chi connectivity index (χ1n) is 5.32.